The number of hydrogen-bond acceptors (Lipinski definition) is 6. The number of unbranched alkanes of at least 4 members (excludes halogenated alkanes) is 2. The lowest BCUT2D eigenvalue weighted by molar-refractivity contribution is 0.0487. The second kappa shape index (κ2) is 8.92. The van der Waals surface area contributed by atoms with Gasteiger partial charge < -0.3 is 20.9 Å². The van der Waals surface area contributed by atoms with Gasteiger partial charge in [-0.1, -0.05) is 26.7 Å². The SMILES string of the molecule is CCCCOC(=O)c1cc(N)c(C(=O)OCCCC)cc1N. The minimum absolute atomic E-state index is 0.151. The normalized spacial score (nSPS) is 10.3. The fourth-order valence-electron chi connectivity index (χ4n) is 1.76. The maximum absolute atomic E-state index is 11.9. The van der Waals surface area contributed by atoms with E-state index in [1.807, 2.05) is 13.8 Å². The second-order valence-corrected chi connectivity index (χ2v) is 5.01. The lowest BCUT2D eigenvalue weighted by Gasteiger charge is -2.11. The molecule has 22 heavy (non-hydrogen) atoms. The molecule has 122 valence electrons. The van der Waals surface area contributed by atoms with Crippen LogP contribution in [0.4, 0.5) is 11.4 Å². The number of rotatable bonds is 8. The van der Waals surface area contributed by atoms with Crippen LogP contribution in [0.3, 0.4) is 0 Å². The van der Waals surface area contributed by atoms with Crippen molar-refractivity contribution in [3.63, 3.8) is 0 Å². The summed E-state index contributed by atoms with van der Waals surface area (Å²) in [6, 6.07) is 2.72. The summed E-state index contributed by atoms with van der Waals surface area (Å²) in [6.07, 6.45) is 3.41. The van der Waals surface area contributed by atoms with E-state index in [0.717, 1.165) is 25.7 Å². The number of anilines is 2. The van der Waals surface area contributed by atoms with Crippen molar-refractivity contribution < 1.29 is 19.1 Å². The molecule has 0 amide bonds. The van der Waals surface area contributed by atoms with Crippen LogP contribution in [0.2, 0.25) is 0 Å². The van der Waals surface area contributed by atoms with Gasteiger partial charge in [-0.25, -0.2) is 9.59 Å². The molecule has 0 radical (unpaired) electrons. The van der Waals surface area contributed by atoms with Gasteiger partial charge in [0, 0.05) is 11.4 Å². The lowest BCUT2D eigenvalue weighted by atomic mass is 10.1. The Balaban J connectivity index is 2.82. The van der Waals surface area contributed by atoms with Crippen molar-refractivity contribution in [1.82, 2.24) is 0 Å². The Morgan fingerprint density at radius 2 is 1.23 bits per heavy atom. The highest BCUT2D eigenvalue weighted by Gasteiger charge is 2.18. The number of carbonyl (C=O) groups is 2. The Morgan fingerprint density at radius 1 is 0.864 bits per heavy atom. The zero-order valence-electron chi connectivity index (χ0n) is 13.2. The highest BCUT2D eigenvalue weighted by molar-refractivity contribution is 6.02. The average Bonchev–Trinajstić information content (AvgIpc) is 2.49. The molecule has 0 aliphatic heterocycles. The summed E-state index contributed by atoms with van der Waals surface area (Å²) in [4.78, 5) is 23.8. The van der Waals surface area contributed by atoms with Crippen molar-refractivity contribution in [2.75, 3.05) is 24.7 Å². The van der Waals surface area contributed by atoms with E-state index in [-0.39, 0.29) is 22.5 Å². The van der Waals surface area contributed by atoms with E-state index in [9.17, 15) is 9.59 Å². The Kier molecular flexibility index (Phi) is 7.22. The molecule has 1 aromatic carbocycles. The van der Waals surface area contributed by atoms with Crippen molar-refractivity contribution in [3.8, 4) is 0 Å². The van der Waals surface area contributed by atoms with Crippen LogP contribution < -0.4 is 11.5 Å². The van der Waals surface area contributed by atoms with E-state index in [0.29, 0.717) is 13.2 Å². The monoisotopic (exact) mass is 308 g/mol. The number of esters is 2. The predicted octanol–water partition coefficient (Wildman–Crippen LogP) is 2.76. The molecule has 1 aromatic rings. The third kappa shape index (κ3) is 4.95. The first-order valence-corrected chi connectivity index (χ1v) is 7.54. The van der Waals surface area contributed by atoms with Crippen LogP contribution in [0.25, 0.3) is 0 Å². The minimum atomic E-state index is -0.538. The first-order valence-electron chi connectivity index (χ1n) is 7.54. The molecule has 4 N–H and O–H groups in total. The number of nitrogens with two attached hydrogens (primary N) is 2. The summed E-state index contributed by atoms with van der Waals surface area (Å²) < 4.78 is 10.2. The average molecular weight is 308 g/mol. The Hall–Kier alpha value is -2.24. The molecule has 1 rings (SSSR count). The third-order valence-electron chi connectivity index (χ3n) is 3.12. The van der Waals surface area contributed by atoms with Crippen LogP contribution in [0, 0.1) is 0 Å². The van der Waals surface area contributed by atoms with Gasteiger partial charge in [0.15, 0.2) is 0 Å². The summed E-state index contributed by atoms with van der Waals surface area (Å²) in [5, 5.41) is 0. The van der Waals surface area contributed by atoms with Gasteiger partial charge in [0.05, 0.1) is 24.3 Å². The maximum Gasteiger partial charge on any atom is 0.340 e. The molecule has 6 heteroatoms. The molecule has 6 nitrogen and oxygen atoms in total. The molecule has 0 heterocycles. The quantitative estimate of drug-likeness (QED) is 0.434. The Bertz CT molecular complexity index is 481. The fourth-order valence-corrected chi connectivity index (χ4v) is 1.76. The highest BCUT2D eigenvalue weighted by atomic mass is 16.5. The van der Waals surface area contributed by atoms with Gasteiger partial charge in [-0.05, 0) is 25.0 Å². The number of ether oxygens (including phenoxy) is 2. The van der Waals surface area contributed by atoms with Crippen LogP contribution in [0.1, 0.15) is 60.2 Å². The van der Waals surface area contributed by atoms with Crippen LogP contribution >= 0.6 is 0 Å². The van der Waals surface area contributed by atoms with Crippen LogP contribution in [0.15, 0.2) is 12.1 Å². The van der Waals surface area contributed by atoms with Gasteiger partial charge in [-0.3, -0.25) is 0 Å². The fraction of sp³-hybridized carbons (Fsp3) is 0.500. The predicted molar refractivity (Wildman–Crippen MR) is 85.6 cm³/mol. The van der Waals surface area contributed by atoms with Gasteiger partial charge in [-0.15, -0.1) is 0 Å². The second-order valence-electron chi connectivity index (χ2n) is 5.01. The van der Waals surface area contributed by atoms with Crippen molar-refractivity contribution in [2.45, 2.75) is 39.5 Å². The first kappa shape index (κ1) is 17.8. The standard InChI is InChI=1S/C16H24N2O4/c1-3-5-7-21-15(19)11-9-14(18)12(10-13(11)17)16(20)22-8-6-4-2/h9-10H,3-8,17-18H2,1-2H3. The van der Waals surface area contributed by atoms with Gasteiger partial charge in [-0.2, -0.15) is 0 Å². The highest BCUT2D eigenvalue weighted by Crippen LogP contribution is 2.23. The summed E-state index contributed by atoms with van der Waals surface area (Å²) in [5.41, 5.74) is 12.3. The van der Waals surface area contributed by atoms with Crippen molar-refractivity contribution in [3.05, 3.63) is 23.3 Å². The zero-order chi connectivity index (χ0) is 16.5. The molecular formula is C16H24N2O4. The maximum atomic E-state index is 11.9. The molecule has 0 aromatic heterocycles. The molecule has 0 saturated heterocycles. The van der Waals surface area contributed by atoms with Crippen molar-refractivity contribution >= 4 is 23.3 Å². The van der Waals surface area contributed by atoms with Crippen LogP contribution in [-0.2, 0) is 9.47 Å². The largest absolute Gasteiger partial charge is 0.462 e. The van der Waals surface area contributed by atoms with Gasteiger partial charge in [0.2, 0.25) is 0 Å². The summed E-state index contributed by atoms with van der Waals surface area (Å²) in [5.74, 6) is -1.08. The van der Waals surface area contributed by atoms with E-state index in [1.54, 1.807) is 0 Å². The smallest absolute Gasteiger partial charge is 0.340 e. The lowest BCUT2D eigenvalue weighted by Crippen LogP contribution is -2.14. The number of hydrogen-bond donors (Lipinski definition) is 2. The van der Waals surface area contributed by atoms with E-state index in [1.165, 1.54) is 12.1 Å². The number of nitrogen functional groups attached to an aromatic ring is 2. The topological polar surface area (TPSA) is 105 Å². The molecular weight excluding hydrogens is 284 g/mol. The molecule has 0 unspecified atom stereocenters. The van der Waals surface area contributed by atoms with Crippen LogP contribution in [-0.4, -0.2) is 25.2 Å². The molecule has 0 aliphatic carbocycles. The van der Waals surface area contributed by atoms with Crippen molar-refractivity contribution in [2.24, 2.45) is 0 Å². The Morgan fingerprint density at radius 3 is 1.55 bits per heavy atom. The molecule has 0 aliphatic rings. The van der Waals surface area contributed by atoms with E-state index < -0.39 is 11.9 Å². The minimum Gasteiger partial charge on any atom is -0.462 e. The van der Waals surface area contributed by atoms with E-state index >= 15 is 0 Å². The molecule has 0 spiro atoms. The third-order valence-corrected chi connectivity index (χ3v) is 3.12. The van der Waals surface area contributed by atoms with E-state index in [4.69, 9.17) is 20.9 Å². The summed E-state index contributed by atoms with van der Waals surface area (Å²) in [6.45, 7) is 4.66. The van der Waals surface area contributed by atoms with Crippen molar-refractivity contribution in [1.29, 1.82) is 0 Å². The zero-order valence-corrected chi connectivity index (χ0v) is 13.2. The van der Waals surface area contributed by atoms with Gasteiger partial charge in [0.25, 0.3) is 0 Å². The first-order chi connectivity index (χ1) is 10.5. The Labute approximate surface area is 130 Å². The molecule has 0 atom stereocenters. The molecule has 0 saturated carbocycles. The van der Waals surface area contributed by atoms with Gasteiger partial charge >= 0.3 is 11.9 Å². The number of benzene rings is 1. The number of carbonyl (C=O) groups excluding carboxylic acids is 2. The van der Waals surface area contributed by atoms with Crippen LogP contribution in [0.5, 0.6) is 0 Å². The van der Waals surface area contributed by atoms with E-state index in [2.05, 4.69) is 0 Å². The summed E-state index contributed by atoms with van der Waals surface area (Å²) >= 11 is 0. The van der Waals surface area contributed by atoms with Gasteiger partial charge in [0.1, 0.15) is 0 Å². The molecule has 0 bridgehead atoms. The molecule has 0 fully saturated rings. The summed E-state index contributed by atoms with van der Waals surface area (Å²) in [7, 11) is 0.